The third-order valence-electron chi connectivity index (χ3n) is 6.03. The second-order valence-electron chi connectivity index (χ2n) is 7.91. The Kier molecular flexibility index (Phi) is 3.46. The first-order valence-electron chi connectivity index (χ1n) is 10.4. The smallest absolute Gasteiger partial charge is 0.137 e. The zero-order valence-electron chi connectivity index (χ0n) is 16.6. The summed E-state index contributed by atoms with van der Waals surface area (Å²) >= 11 is 1.85. The van der Waals surface area contributed by atoms with E-state index in [1.54, 1.807) is 0 Å². The highest BCUT2D eigenvalue weighted by molar-refractivity contribution is 7.26. The lowest BCUT2D eigenvalue weighted by Crippen LogP contribution is -1.89. The molecular weight excluding hydrogens is 398 g/mol. The molecule has 7 rings (SSSR count). The van der Waals surface area contributed by atoms with Crippen LogP contribution in [0.25, 0.3) is 52.9 Å². The molecule has 5 aromatic carbocycles. The summed E-state index contributed by atoms with van der Waals surface area (Å²) in [5.41, 5.74) is 3.93. The molecule has 146 valence electrons. The van der Waals surface area contributed by atoms with E-state index in [0.29, 0.717) is 0 Å². The Hall–Kier alpha value is -3.82. The fourth-order valence-corrected chi connectivity index (χ4v) is 5.70. The van der Waals surface area contributed by atoms with Gasteiger partial charge < -0.3 is 9.73 Å². The van der Waals surface area contributed by atoms with E-state index in [-0.39, 0.29) is 0 Å². The molecule has 2 nitrogen and oxygen atoms in total. The predicted molar refractivity (Wildman–Crippen MR) is 134 cm³/mol. The van der Waals surface area contributed by atoms with E-state index >= 15 is 0 Å². The molecule has 0 aliphatic rings. The summed E-state index contributed by atoms with van der Waals surface area (Å²) in [6.07, 6.45) is 0. The van der Waals surface area contributed by atoms with Crippen LogP contribution in [0.4, 0.5) is 11.4 Å². The molecule has 7 aromatic rings. The normalized spacial score (nSPS) is 11.9. The topological polar surface area (TPSA) is 25.2 Å². The van der Waals surface area contributed by atoms with Gasteiger partial charge in [-0.05, 0) is 53.2 Å². The predicted octanol–water partition coefficient (Wildman–Crippen LogP) is 8.85. The Morgan fingerprint density at radius 1 is 0.548 bits per heavy atom. The summed E-state index contributed by atoms with van der Waals surface area (Å²) in [6.45, 7) is 0. The van der Waals surface area contributed by atoms with Crippen molar-refractivity contribution < 1.29 is 4.42 Å². The van der Waals surface area contributed by atoms with Gasteiger partial charge in [-0.1, -0.05) is 48.5 Å². The minimum atomic E-state index is 0.902. The van der Waals surface area contributed by atoms with Crippen LogP contribution >= 0.6 is 11.3 Å². The average molecular weight is 416 g/mol. The van der Waals surface area contributed by atoms with E-state index in [1.165, 1.54) is 30.9 Å². The minimum absolute atomic E-state index is 0.902. The molecule has 0 aliphatic carbocycles. The molecule has 0 bridgehead atoms. The summed E-state index contributed by atoms with van der Waals surface area (Å²) in [7, 11) is 0. The van der Waals surface area contributed by atoms with Crippen LogP contribution in [0.3, 0.4) is 0 Å². The van der Waals surface area contributed by atoms with Crippen LogP contribution in [0.15, 0.2) is 101 Å². The van der Waals surface area contributed by atoms with Gasteiger partial charge in [0.25, 0.3) is 0 Å². The largest absolute Gasteiger partial charge is 0.456 e. The van der Waals surface area contributed by atoms with Gasteiger partial charge in [-0.25, -0.2) is 0 Å². The Balaban J connectivity index is 1.36. The van der Waals surface area contributed by atoms with Crippen molar-refractivity contribution in [2.24, 2.45) is 0 Å². The van der Waals surface area contributed by atoms with E-state index in [1.807, 2.05) is 29.5 Å². The number of benzene rings is 5. The highest BCUT2D eigenvalue weighted by Gasteiger charge is 2.11. The summed E-state index contributed by atoms with van der Waals surface area (Å²) in [6, 6.07) is 34.2. The van der Waals surface area contributed by atoms with Crippen molar-refractivity contribution >= 4 is 75.6 Å². The third-order valence-corrected chi connectivity index (χ3v) is 7.16. The van der Waals surface area contributed by atoms with Crippen molar-refractivity contribution in [3.05, 3.63) is 97.1 Å². The molecule has 0 saturated carbocycles. The van der Waals surface area contributed by atoms with Crippen LogP contribution in [-0.4, -0.2) is 0 Å². The number of anilines is 2. The zero-order chi connectivity index (χ0) is 20.4. The number of nitrogens with one attached hydrogen (secondary N) is 1. The lowest BCUT2D eigenvalue weighted by molar-refractivity contribution is 0.669. The van der Waals surface area contributed by atoms with Crippen molar-refractivity contribution in [3.8, 4) is 0 Å². The number of fused-ring (bicyclic) bond motifs is 8. The first-order valence-corrected chi connectivity index (χ1v) is 11.2. The van der Waals surface area contributed by atoms with Gasteiger partial charge in [-0.3, -0.25) is 0 Å². The Bertz CT molecular complexity index is 1770. The van der Waals surface area contributed by atoms with Crippen molar-refractivity contribution in [2.75, 3.05) is 5.32 Å². The molecule has 0 fully saturated rings. The molecule has 0 spiro atoms. The Morgan fingerprint density at radius 3 is 2.26 bits per heavy atom. The molecule has 1 N–H and O–H groups in total. The second kappa shape index (κ2) is 6.34. The number of thiophene rings is 1. The average Bonchev–Trinajstić information content (AvgIpc) is 3.36. The van der Waals surface area contributed by atoms with Gasteiger partial charge in [0.2, 0.25) is 0 Å². The maximum absolute atomic E-state index is 6.06. The summed E-state index contributed by atoms with van der Waals surface area (Å²) < 4.78 is 8.69. The highest BCUT2D eigenvalue weighted by Crippen LogP contribution is 2.40. The number of rotatable bonds is 2. The van der Waals surface area contributed by atoms with Crippen molar-refractivity contribution in [3.63, 3.8) is 0 Å². The van der Waals surface area contributed by atoms with Crippen LogP contribution in [0.5, 0.6) is 0 Å². The van der Waals surface area contributed by atoms with Crippen molar-refractivity contribution in [1.82, 2.24) is 0 Å². The maximum atomic E-state index is 6.06. The first-order chi connectivity index (χ1) is 15.3. The highest BCUT2D eigenvalue weighted by atomic mass is 32.1. The van der Waals surface area contributed by atoms with Crippen molar-refractivity contribution in [1.29, 1.82) is 0 Å². The quantitative estimate of drug-likeness (QED) is 0.305. The van der Waals surface area contributed by atoms with Gasteiger partial charge in [-0.2, -0.15) is 0 Å². The summed E-state index contributed by atoms with van der Waals surface area (Å²) in [4.78, 5) is 0. The zero-order valence-corrected chi connectivity index (χ0v) is 17.4. The van der Waals surface area contributed by atoms with Gasteiger partial charge in [-0.15, -0.1) is 11.3 Å². The lowest BCUT2D eigenvalue weighted by atomic mass is 10.0. The standard InChI is InChI=1S/C28H17NOS/c1-2-6-20-17(5-1)9-13-27-28(20)23-15-18(11-14-26(23)31-27)29-19-10-12-22-21-7-3-4-8-24(21)30-25(22)16-19/h1-16,29H. The minimum Gasteiger partial charge on any atom is -0.456 e. The molecule has 3 heteroatoms. The van der Waals surface area contributed by atoms with E-state index in [2.05, 4.69) is 84.2 Å². The van der Waals surface area contributed by atoms with Crippen LogP contribution < -0.4 is 5.32 Å². The Morgan fingerprint density at radius 2 is 1.29 bits per heavy atom. The summed E-state index contributed by atoms with van der Waals surface area (Å²) in [5.74, 6) is 0. The van der Waals surface area contributed by atoms with E-state index in [4.69, 9.17) is 4.42 Å². The fourth-order valence-electron chi connectivity index (χ4n) is 4.60. The number of para-hydroxylation sites is 1. The first kappa shape index (κ1) is 16.9. The van der Waals surface area contributed by atoms with Crippen LogP contribution in [0.1, 0.15) is 0 Å². The van der Waals surface area contributed by atoms with Gasteiger partial charge >= 0.3 is 0 Å². The molecule has 0 unspecified atom stereocenters. The van der Waals surface area contributed by atoms with Gasteiger partial charge in [0, 0.05) is 48.4 Å². The molecule has 2 aromatic heterocycles. The van der Waals surface area contributed by atoms with Crippen molar-refractivity contribution in [2.45, 2.75) is 0 Å². The van der Waals surface area contributed by atoms with E-state index in [0.717, 1.165) is 33.3 Å². The van der Waals surface area contributed by atoms with E-state index in [9.17, 15) is 0 Å². The number of hydrogen-bond donors (Lipinski definition) is 1. The fraction of sp³-hybridized carbons (Fsp3) is 0. The van der Waals surface area contributed by atoms with Gasteiger partial charge in [0.1, 0.15) is 11.2 Å². The maximum Gasteiger partial charge on any atom is 0.137 e. The molecule has 0 amide bonds. The van der Waals surface area contributed by atoms with Gasteiger partial charge in [0.05, 0.1) is 0 Å². The molecular formula is C28H17NOS. The molecule has 0 radical (unpaired) electrons. The van der Waals surface area contributed by atoms with E-state index < -0.39 is 0 Å². The SMILES string of the molecule is c1ccc2c(c1)ccc1sc3ccc(Nc4ccc5c(c4)oc4ccccc45)cc3c12. The molecule has 0 saturated heterocycles. The summed E-state index contributed by atoms with van der Waals surface area (Å²) in [5, 5.41) is 11.1. The Labute approximate surface area is 182 Å². The molecule has 0 aliphatic heterocycles. The van der Waals surface area contributed by atoms with Crippen LogP contribution in [0, 0.1) is 0 Å². The monoisotopic (exact) mass is 415 g/mol. The number of furan rings is 1. The molecule has 2 heterocycles. The van der Waals surface area contributed by atoms with Gasteiger partial charge in [0.15, 0.2) is 0 Å². The number of hydrogen-bond acceptors (Lipinski definition) is 3. The van der Waals surface area contributed by atoms with Crippen LogP contribution in [0.2, 0.25) is 0 Å². The second-order valence-corrected chi connectivity index (χ2v) is 8.99. The molecule has 31 heavy (non-hydrogen) atoms. The van der Waals surface area contributed by atoms with Crippen LogP contribution in [-0.2, 0) is 0 Å². The molecule has 0 atom stereocenters. The third kappa shape index (κ3) is 2.57. The lowest BCUT2D eigenvalue weighted by Gasteiger charge is -2.07.